The van der Waals surface area contributed by atoms with Crippen LogP contribution in [-0.4, -0.2) is 53.7 Å². The fourth-order valence-electron chi connectivity index (χ4n) is 3.75. The van der Waals surface area contributed by atoms with E-state index in [-0.39, 0.29) is 24.1 Å². The van der Waals surface area contributed by atoms with Gasteiger partial charge in [-0.05, 0) is 23.8 Å². The second-order valence-electron chi connectivity index (χ2n) is 6.88. The minimum Gasteiger partial charge on any atom is -0.339 e. The highest BCUT2D eigenvalue weighted by atomic mass is 16.2. The average Bonchev–Trinajstić information content (AvgIpc) is 2.73. The van der Waals surface area contributed by atoms with Gasteiger partial charge >= 0.3 is 0 Å². The number of carbonyl (C=O) groups excluding carboxylic acids is 3. The van der Waals surface area contributed by atoms with Crippen LogP contribution in [-0.2, 0) is 9.59 Å². The molecule has 138 valence electrons. The Kier molecular flexibility index (Phi) is 4.62. The summed E-state index contributed by atoms with van der Waals surface area (Å²) in [5.41, 5.74) is 2.24. The molecule has 2 aliphatic heterocycles. The number of piperazine rings is 1. The SMILES string of the molecule is O=C1CC(C(=O)N2CCN(C(=O)c3ccccc3)CC2)c2ccccc2N1. The molecule has 0 aliphatic carbocycles. The summed E-state index contributed by atoms with van der Waals surface area (Å²) < 4.78 is 0. The fraction of sp³-hybridized carbons (Fsp3) is 0.286. The van der Waals surface area contributed by atoms with Crippen molar-refractivity contribution in [2.75, 3.05) is 31.5 Å². The van der Waals surface area contributed by atoms with E-state index in [0.29, 0.717) is 37.4 Å². The summed E-state index contributed by atoms with van der Waals surface area (Å²) >= 11 is 0. The molecule has 2 aliphatic rings. The maximum atomic E-state index is 13.1. The molecule has 1 atom stereocenters. The molecule has 1 N–H and O–H groups in total. The zero-order valence-electron chi connectivity index (χ0n) is 14.9. The number of rotatable bonds is 2. The number of nitrogens with one attached hydrogen (secondary N) is 1. The van der Waals surface area contributed by atoms with Gasteiger partial charge in [0.2, 0.25) is 11.8 Å². The molecule has 0 spiro atoms. The van der Waals surface area contributed by atoms with E-state index in [9.17, 15) is 14.4 Å². The second kappa shape index (κ2) is 7.23. The standard InChI is InChI=1S/C21H21N3O3/c25-19-14-17(16-8-4-5-9-18(16)22-19)21(27)24-12-10-23(11-13-24)20(26)15-6-2-1-3-7-15/h1-9,17H,10-14H2,(H,22,25). The molecular weight excluding hydrogens is 342 g/mol. The highest BCUT2D eigenvalue weighted by Gasteiger charge is 2.35. The number of nitrogens with zero attached hydrogens (tertiary/aromatic N) is 2. The van der Waals surface area contributed by atoms with Gasteiger partial charge in [0.05, 0.1) is 5.92 Å². The van der Waals surface area contributed by atoms with E-state index in [2.05, 4.69) is 5.32 Å². The zero-order chi connectivity index (χ0) is 18.8. The third kappa shape index (κ3) is 3.43. The van der Waals surface area contributed by atoms with Crippen molar-refractivity contribution in [2.45, 2.75) is 12.3 Å². The first-order valence-corrected chi connectivity index (χ1v) is 9.15. The summed E-state index contributed by atoms with van der Waals surface area (Å²) in [7, 11) is 0. The van der Waals surface area contributed by atoms with Crippen LogP contribution in [0.3, 0.4) is 0 Å². The van der Waals surface area contributed by atoms with Gasteiger partial charge in [0.1, 0.15) is 0 Å². The van der Waals surface area contributed by atoms with Crippen molar-refractivity contribution in [2.24, 2.45) is 0 Å². The van der Waals surface area contributed by atoms with Gasteiger partial charge in [0.15, 0.2) is 0 Å². The molecule has 1 saturated heterocycles. The maximum absolute atomic E-state index is 13.1. The van der Waals surface area contributed by atoms with Crippen LogP contribution in [0.5, 0.6) is 0 Å². The summed E-state index contributed by atoms with van der Waals surface area (Å²) in [4.78, 5) is 41.1. The minimum absolute atomic E-state index is 0.00918. The summed E-state index contributed by atoms with van der Waals surface area (Å²) in [6.07, 6.45) is 0.166. The number of benzene rings is 2. The van der Waals surface area contributed by atoms with Gasteiger partial charge in [-0.2, -0.15) is 0 Å². The van der Waals surface area contributed by atoms with Gasteiger partial charge in [-0.1, -0.05) is 36.4 Å². The number of anilines is 1. The summed E-state index contributed by atoms with van der Waals surface area (Å²) in [5, 5.41) is 2.83. The Morgan fingerprint density at radius 3 is 2.22 bits per heavy atom. The molecule has 0 aromatic heterocycles. The van der Waals surface area contributed by atoms with Crippen molar-refractivity contribution in [3.05, 3.63) is 65.7 Å². The van der Waals surface area contributed by atoms with Crippen LogP contribution in [0.2, 0.25) is 0 Å². The first-order valence-electron chi connectivity index (χ1n) is 9.15. The van der Waals surface area contributed by atoms with Crippen LogP contribution in [0.1, 0.15) is 28.3 Å². The van der Waals surface area contributed by atoms with Crippen LogP contribution < -0.4 is 5.32 Å². The van der Waals surface area contributed by atoms with Crippen LogP contribution in [0.4, 0.5) is 5.69 Å². The van der Waals surface area contributed by atoms with E-state index < -0.39 is 5.92 Å². The maximum Gasteiger partial charge on any atom is 0.253 e. The van der Waals surface area contributed by atoms with E-state index >= 15 is 0 Å². The lowest BCUT2D eigenvalue weighted by Gasteiger charge is -2.37. The Morgan fingerprint density at radius 1 is 0.852 bits per heavy atom. The first-order chi connectivity index (χ1) is 13.1. The van der Waals surface area contributed by atoms with Crippen LogP contribution >= 0.6 is 0 Å². The van der Waals surface area contributed by atoms with Crippen LogP contribution in [0.15, 0.2) is 54.6 Å². The summed E-state index contributed by atoms with van der Waals surface area (Å²) in [6, 6.07) is 16.6. The Balaban J connectivity index is 1.44. The van der Waals surface area contributed by atoms with Gasteiger partial charge < -0.3 is 15.1 Å². The zero-order valence-corrected chi connectivity index (χ0v) is 14.9. The summed E-state index contributed by atoms with van der Waals surface area (Å²) in [5.74, 6) is -0.634. The van der Waals surface area contributed by atoms with Gasteiger partial charge in [0, 0.05) is 43.9 Å². The third-order valence-electron chi connectivity index (χ3n) is 5.20. The Hall–Kier alpha value is -3.15. The Bertz CT molecular complexity index is 873. The molecule has 2 heterocycles. The first kappa shape index (κ1) is 17.3. The van der Waals surface area contributed by atoms with Crippen molar-refractivity contribution < 1.29 is 14.4 Å². The second-order valence-corrected chi connectivity index (χ2v) is 6.88. The topological polar surface area (TPSA) is 69.7 Å². The Labute approximate surface area is 157 Å². The molecule has 6 nitrogen and oxygen atoms in total. The normalized spacial score (nSPS) is 19.3. The monoisotopic (exact) mass is 363 g/mol. The lowest BCUT2D eigenvalue weighted by atomic mass is 9.89. The van der Waals surface area contributed by atoms with Gasteiger partial charge in [-0.3, -0.25) is 14.4 Å². The van der Waals surface area contributed by atoms with E-state index in [0.717, 1.165) is 5.56 Å². The predicted molar refractivity (Wildman–Crippen MR) is 101 cm³/mol. The largest absolute Gasteiger partial charge is 0.339 e. The fourth-order valence-corrected chi connectivity index (χ4v) is 3.75. The smallest absolute Gasteiger partial charge is 0.253 e. The molecule has 2 aromatic rings. The lowest BCUT2D eigenvalue weighted by molar-refractivity contribution is -0.136. The van der Waals surface area contributed by atoms with Gasteiger partial charge in [-0.15, -0.1) is 0 Å². The highest BCUT2D eigenvalue weighted by Crippen LogP contribution is 2.33. The van der Waals surface area contributed by atoms with Crippen molar-refractivity contribution in [3.63, 3.8) is 0 Å². The molecular formula is C21H21N3O3. The number of carbonyl (C=O) groups is 3. The number of hydrogen-bond acceptors (Lipinski definition) is 3. The third-order valence-corrected chi connectivity index (χ3v) is 5.20. The average molecular weight is 363 g/mol. The van der Waals surface area contributed by atoms with Crippen molar-refractivity contribution in [1.82, 2.24) is 9.80 Å². The van der Waals surface area contributed by atoms with Crippen molar-refractivity contribution >= 4 is 23.4 Å². The molecule has 0 bridgehead atoms. The number of hydrogen-bond donors (Lipinski definition) is 1. The highest BCUT2D eigenvalue weighted by molar-refractivity contribution is 6.01. The van der Waals surface area contributed by atoms with Crippen LogP contribution in [0, 0.1) is 0 Å². The molecule has 0 saturated carbocycles. The van der Waals surface area contributed by atoms with Gasteiger partial charge in [-0.25, -0.2) is 0 Å². The predicted octanol–water partition coefficient (Wildman–Crippen LogP) is 2.10. The quantitative estimate of drug-likeness (QED) is 0.888. The summed E-state index contributed by atoms with van der Waals surface area (Å²) in [6.45, 7) is 1.97. The number of para-hydroxylation sites is 1. The molecule has 4 rings (SSSR count). The van der Waals surface area contributed by atoms with E-state index in [1.165, 1.54) is 0 Å². The Morgan fingerprint density at radius 2 is 1.48 bits per heavy atom. The van der Waals surface area contributed by atoms with E-state index in [1.807, 2.05) is 42.5 Å². The van der Waals surface area contributed by atoms with Crippen LogP contribution in [0.25, 0.3) is 0 Å². The van der Waals surface area contributed by atoms with E-state index in [1.54, 1.807) is 21.9 Å². The number of fused-ring (bicyclic) bond motifs is 1. The minimum atomic E-state index is -0.452. The van der Waals surface area contributed by atoms with Crippen molar-refractivity contribution in [1.29, 1.82) is 0 Å². The lowest BCUT2D eigenvalue weighted by Crippen LogP contribution is -2.52. The molecule has 2 aromatic carbocycles. The van der Waals surface area contributed by atoms with E-state index in [4.69, 9.17) is 0 Å². The van der Waals surface area contributed by atoms with Gasteiger partial charge in [0.25, 0.3) is 5.91 Å². The molecule has 3 amide bonds. The molecule has 27 heavy (non-hydrogen) atoms. The number of amides is 3. The van der Waals surface area contributed by atoms with Crippen molar-refractivity contribution in [3.8, 4) is 0 Å². The molecule has 6 heteroatoms. The molecule has 0 radical (unpaired) electrons. The molecule has 1 unspecified atom stereocenters. The molecule has 1 fully saturated rings.